The summed E-state index contributed by atoms with van der Waals surface area (Å²) in [6.45, 7) is 3.21. The van der Waals surface area contributed by atoms with E-state index in [0.717, 1.165) is 29.6 Å². The largest absolute Gasteiger partial charge is 0.507 e. The molecule has 0 saturated carbocycles. The molecule has 23 heavy (non-hydrogen) atoms. The van der Waals surface area contributed by atoms with Crippen molar-refractivity contribution in [1.29, 1.82) is 0 Å². The van der Waals surface area contributed by atoms with E-state index in [4.69, 9.17) is 0 Å². The number of aromatic hydroxyl groups is 1. The van der Waals surface area contributed by atoms with Crippen molar-refractivity contribution in [2.24, 2.45) is 0 Å². The van der Waals surface area contributed by atoms with Crippen LogP contribution in [0.2, 0.25) is 0 Å². The van der Waals surface area contributed by atoms with E-state index in [9.17, 15) is 9.90 Å². The predicted molar refractivity (Wildman–Crippen MR) is 89.5 cm³/mol. The average Bonchev–Trinajstić information content (AvgIpc) is 2.97. The highest BCUT2D eigenvalue weighted by Gasteiger charge is 2.10. The Balaban J connectivity index is 1.55. The molecule has 118 valence electrons. The Hall–Kier alpha value is -2.82. The number of amides is 1. The number of hydrogen-bond donors (Lipinski definition) is 2. The van der Waals surface area contributed by atoms with Crippen molar-refractivity contribution in [2.75, 3.05) is 6.54 Å². The number of phenols is 1. The zero-order valence-corrected chi connectivity index (χ0v) is 13.0. The molecule has 0 bridgehead atoms. The predicted octanol–water partition coefficient (Wildman–Crippen LogP) is 2.87. The molecule has 0 unspecified atom stereocenters. The minimum absolute atomic E-state index is 0.00806. The summed E-state index contributed by atoms with van der Waals surface area (Å²) in [6.07, 6.45) is 2.61. The summed E-state index contributed by atoms with van der Waals surface area (Å²) in [5.41, 5.74) is 3.33. The quantitative estimate of drug-likeness (QED) is 0.712. The van der Waals surface area contributed by atoms with Crippen LogP contribution in [0.4, 0.5) is 0 Å². The second-order valence-corrected chi connectivity index (χ2v) is 5.56. The molecule has 1 heterocycles. The number of carbonyl (C=O) groups excluding carboxylic acids is 1. The van der Waals surface area contributed by atoms with Gasteiger partial charge in [-0.1, -0.05) is 23.8 Å². The molecule has 0 atom stereocenters. The van der Waals surface area contributed by atoms with Crippen molar-refractivity contribution < 1.29 is 9.90 Å². The maximum atomic E-state index is 12.1. The molecule has 2 aromatic carbocycles. The summed E-state index contributed by atoms with van der Waals surface area (Å²) in [4.78, 5) is 16.4. The van der Waals surface area contributed by atoms with Gasteiger partial charge in [0.05, 0.1) is 22.9 Å². The molecule has 1 aromatic heterocycles. The summed E-state index contributed by atoms with van der Waals surface area (Å²) in [7, 11) is 0. The Morgan fingerprint density at radius 3 is 2.96 bits per heavy atom. The van der Waals surface area contributed by atoms with Crippen molar-refractivity contribution in [2.45, 2.75) is 19.9 Å². The third-order valence-electron chi connectivity index (χ3n) is 3.79. The van der Waals surface area contributed by atoms with Crippen LogP contribution in [0.3, 0.4) is 0 Å². The van der Waals surface area contributed by atoms with Crippen molar-refractivity contribution in [1.82, 2.24) is 14.9 Å². The van der Waals surface area contributed by atoms with E-state index in [-0.39, 0.29) is 11.7 Å². The number of nitrogens with one attached hydrogen (secondary N) is 1. The summed E-state index contributed by atoms with van der Waals surface area (Å²) in [6, 6.07) is 13.0. The molecule has 1 amide bonds. The van der Waals surface area contributed by atoms with Gasteiger partial charge in [-0.15, -0.1) is 0 Å². The molecule has 2 N–H and O–H groups in total. The Labute approximate surface area is 134 Å². The van der Waals surface area contributed by atoms with Gasteiger partial charge >= 0.3 is 0 Å². The van der Waals surface area contributed by atoms with Crippen LogP contribution in [0.1, 0.15) is 22.3 Å². The number of imidazole rings is 1. The summed E-state index contributed by atoms with van der Waals surface area (Å²) in [5, 5.41) is 12.6. The van der Waals surface area contributed by atoms with Crippen LogP contribution >= 0.6 is 0 Å². The number of para-hydroxylation sites is 2. The summed E-state index contributed by atoms with van der Waals surface area (Å²) in [5.74, 6) is -0.240. The highest BCUT2D eigenvalue weighted by Crippen LogP contribution is 2.18. The van der Waals surface area contributed by atoms with Gasteiger partial charge in [0, 0.05) is 13.1 Å². The highest BCUT2D eigenvalue weighted by molar-refractivity contribution is 5.96. The number of fused-ring (bicyclic) bond motifs is 1. The maximum Gasteiger partial charge on any atom is 0.255 e. The van der Waals surface area contributed by atoms with Gasteiger partial charge in [-0.2, -0.15) is 0 Å². The number of hydrogen-bond acceptors (Lipinski definition) is 3. The van der Waals surface area contributed by atoms with E-state index in [1.54, 1.807) is 18.2 Å². The fourth-order valence-corrected chi connectivity index (χ4v) is 2.57. The minimum Gasteiger partial charge on any atom is -0.507 e. The molecule has 0 saturated heterocycles. The van der Waals surface area contributed by atoms with Gasteiger partial charge in [0.1, 0.15) is 5.75 Å². The molecule has 0 radical (unpaired) electrons. The first-order valence-electron chi connectivity index (χ1n) is 7.63. The maximum absolute atomic E-state index is 12.1. The molecule has 5 nitrogen and oxygen atoms in total. The smallest absolute Gasteiger partial charge is 0.255 e. The molecule has 0 fully saturated rings. The van der Waals surface area contributed by atoms with Crippen LogP contribution in [-0.2, 0) is 6.54 Å². The van der Waals surface area contributed by atoms with Gasteiger partial charge in [-0.25, -0.2) is 4.98 Å². The lowest BCUT2D eigenvalue weighted by atomic mass is 10.1. The van der Waals surface area contributed by atoms with Gasteiger partial charge in [0.25, 0.3) is 5.91 Å². The summed E-state index contributed by atoms with van der Waals surface area (Å²) < 4.78 is 2.08. The summed E-state index contributed by atoms with van der Waals surface area (Å²) >= 11 is 0. The standard InChI is InChI=1S/C18H19N3O2/c1-13-7-8-17(22)14(11-13)18(23)19-9-4-10-21-12-20-15-5-2-3-6-16(15)21/h2-3,5-8,11-12,22H,4,9-10H2,1H3,(H,19,23). The first kappa shape index (κ1) is 15.1. The normalized spacial score (nSPS) is 10.8. The van der Waals surface area contributed by atoms with Gasteiger partial charge in [0.15, 0.2) is 0 Å². The van der Waals surface area contributed by atoms with Crippen LogP contribution in [0.25, 0.3) is 11.0 Å². The number of rotatable bonds is 5. The van der Waals surface area contributed by atoms with Crippen molar-refractivity contribution >= 4 is 16.9 Å². The molecule has 0 aliphatic heterocycles. The zero-order valence-electron chi connectivity index (χ0n) is 13.0. The molecule has 3 aromatic rings. The molecular weight excluding hydrogens is 290 g/mol. The second kappa shape index (κ2) is 6.52. The van der Waals surface area contributed by atoms with E-state index < -0.39 is 0 Å². The molecule has 0 spiro atoms. The highest BCUT2D eigenvalue weighted by atomic mass is 16.3. The number of nitrogens with zero attached hydrogens (tertiary/aromatic N) is 2. The van der Waals surface area contributed by atoms with Crippen molar-refractivity contribution in [3.63, 3.8) is 0 Å². The van der Waals surface area contributed by atoms with E-state index in [2.05, 4.69) is 14.9 Å². The lowest BCUT2D eigenvalue weighted by molar-refractivity contribution is 0.0950. The first-order valence-corrected chi connectivity index (χ1v) is 7.63. The Kier molecular flexibility index (Phi) is 4.28. The lowest BCUT2D eigenvalue weighted by Gasteiger charge is -2.08. The monoisotopic (exact) mass is 309 g/mol. The number of aryl methyl sites for hydroxylation is 2. The topological polar surface area (TPSA) is 67.2 Å². The number of benzene rings is 2. The molecule has 5 heteroatoms. The first-order chi connectivity index (χ1) is 11.1. The minimum atomic E-state index is -0.248. The Morgan fingerprint density at radius 2 is 2.09 bits per heavy atom. The van der Waals surface area contributed by atoms with Crippen LogP contribution < -0.4 is 5.32 Å². The van der Waals surface area contributed by atoms with Crippen LogP contribution in [0, 0.1) is 6.92 Å². The van der Waals surface area contributed by atoms with E-state index in [1.165, 1.54) is 0 Å². The average molecular weight is 309 g/mol. The molecular formula is C18H19N3O2. The van der Waals surface area contributed by atoms with Crippen LogP contribution in [0.15, 0.2) is 48.8 Å². The Morgan fingerprint density at radius 1 is 1.26 bits per heavy atom. The third kappa shape index (κ3) is 3.34. The van der Waals surface area contributed by atoms with Gasteiger partial charge in [0.2, 0.25) is 0 Å². The zero-order chi connectivity index (χ0) is 16.2. The number of carbonyl (C=O) groups is 1. The van der Waals surface area contributed by atoms with Gasteiger partial charge < -0.3 is 15.0 Å². The van der Waals surface area contributed by atoms with Crippen LogP contribution in [-0.4, -0.2) is 27.1 Å². The third-order valence-corrected chi connectivity index (χ3v) is 3.79. The van der Waals surface area contributed by atoms with E-state index in [1.807, 2.05) is 37.5 Å². The number of phenolic OH excluding ortho intramolecular Hbond substituents is 1. The van der Waals surface area contributed by atoms with Crippen molar-refractivity contribution in [3.8, 4) is 5.75 Å². The molecule has 0 aliphatic carbocycles. The second-order valence-electron chi connectivity index (χ2n) is 5.56. The molecule has 3 rings (SSSR count). The lowest BCUT2D eigenvalue weighted by Crippen LogP contribution is -2.25. The van der Waals surface area contributed by atoms with Crippen molar-refractivity contribution in [3.05, 3.63) is 59.9 Å². The fraction of sp³-hybridized carbons (Fsp3) is 0.222. The van der Waals surface area contributed by atoms with Gasteiger partial charge in [-0.05, 0) is 37.6 Å². The Bertz CT molecular complexity index is 839. The van der Waals surface area contributed by atoms with E-state index in [0.29, 0.717) is 12.1 Å². The SMILES string of the molecule is Cc1ccc(O)c(C(=O)NCCCn2cnc3ccccc32)c1. The van der Waals surface area contributed by atoms with E-state index >= 15 is 0 Å². The van der Waals surface area contributed by atoms with Gasteiger partial charge in [-0.3, -0.25) is 4.79 Å². The molecule has 0 aliphatic rings. The number of aromatic nitrogens is 2. The fourth-order valence-electron chi connectivity index (χ4n) is 2.57. The van der Waals surface area contributed by atoms with Crippen LogP contribution in [0.5, 0.6) is 5.75 Å².